The summed E-state index contributed by atoms with van der Waals surface area (Å²) in [4.78, 5) is 58.0. The highest BCUT2D eigenvalue weighted by Gasteiger charge is 2.37. The Kier molecular flexibility index (Phi) is 13.6. The third-order valence-electron chi connectivity index (χ3n) is 10.0. The molecule has 4 aromatic rings. The number of likely N-dealkylation sites (tertiary alicyclic amines) is 2. The molecule has 0 bridgehead atoms. The van der Waals surface area contributed by atoms with Gasteiger partial charge in [-0.3, -0.25) is 19.3 Å². The first-order valence-electron chi connectivity index (χ1n) is 18.8. The Morgan fingerprint density at radius 3 is 2.54 bits per heavy atom. The van der Waals surface area contributed by atoms with Crippen LogP contribution in [0.5, 0.6) is 5.75 Å². The molecule has 0 saturated carbocycles. The fourth-order valence-electron chi connectivity index (χ4n) is 6.65. The minimum atomic E-state index is -0.360. The Morgan fingerprint density at radius 2 is 1.89 bits per heavy atom. The Morgan fingerprint density at radius 1 is 1.14 bits per heavy atom. The smallest absolute Gasteiger partial charge is 0.264 e. The van der Waals surface area contributed by atoms with Gasteiger partial charge in [0.15, 0.2) is 11.7 Å². The first kappa shape index (κ1) is 41.1. The number of nitriles is 1. The van der Waals surface area contributed by atoms with Gasteiger partial charge in [-0.25, -0.2) is 15.0 Å². The van der Waals surface area contributed by atoms with Crippen LogP contribution < -0.4 is 10.1 Å². The van der Waals surface area contributed by atoms with E-state index < -0.39 is 0 Å². The van der Waals surface area contributed by atoms with Crippen molar-refractivity contribution in [1.82, 2.24) is 29.7 Å². The van der Waals surface area contributed by atoms with Gasteiger partial charge in [0.1, 0.15) is 28.2 Å². The van der Waals surface area contributed by atoms with Crippen molar-refractivity contribution in [2.75, 3.05) is 45.2 Å². The standard InChI is InChI=1S/C40H48N8O5S3/c1-6-7-31(46(5)38(51)28(19-41)18-34-42-14-17-54-34)26-8-10-30(11-9-26)52-24-35(49)48-22-29(23-48)47-15-12-27(13-16-47)37(50)45-39-44-21-36(56-39)55-25-33-43-20-32(53-33)40(2,3)4/h8-11,14,17-18,20-21,27,29,31H,6-7,12-13,15-16,22-25H2,1-5H3,(H,44,45,50)/b28-18+. The molecule has 2 aliphatic rings. The van der Waals surface area contributed by atoms with Gasteiger partial charge in [0.05, 0.1) is 28.4 Å². The van der Waals surface area contributed by atoms with Crippen LogP contribution >= 0.6 is 34.4 Å². The molecule has 1 aromatic carbocycles. The number of oxazole rings is 1. The third kappa shape index (κ3) is 10.4. The molecule has 13 nitrogen and oxygen atoms in total. The van der Waals surface area contributed by atoms with E-state index in [0.29, 0.717) is 40.6 Å². The number of thioether (sulfide) groups is 1. The maximum atomic E-state index is 13.2. The molecule has 0 radical (unpaired) electrons. The number of piperidine rings is 1. The molecule has 3 amide bonds. The number of hydrogen-bond donors (Lipinski definition) is 1. The van der Waals surface area contributed by atoms with Crippen molar-refractivity contribution in [1.29, 1.82) is 5.26 Å². The molecule has 2 saturated heterocycles. The van der Waals surface area contributed by atoms with Crippen molar-refractivity contribution < 1.29 is 23.5 Å². The molecule has 2 aliphatic heterocycles. The van der Waals surface area contributed by atoms with Crippen molar-refractivity contribution in [2.45, 2.75) is 80.8 Å². The highest BCUT2D eigenvalue weighted by molar-refractivity contribution is 8.00. The molecule has 56 heavy (non-hydrogen) atoms. The molecule has 3 aromatic heterocycles. The van der Waals surface area contributed by atoms with Crippen molar-refractivity contribution in [3.05, 3.63) is 76.0 Å². The zero-order chi connectivity index (χ0) is 39.8. The number of likely N-dealkylation sites (N-methyl/N-ethyl adjacent to an activating group) is 1. The fraction of sp³-hybridized carbons (Fsp3) is 0.475. The number of nitrogens with one attached hydrogen (secondary N) is 1. The number of anilines is 1. The van der Waals surface area contributed by atoms with Gasteiger partial charge >= 0.3 is 0 Å². The van der Waals surface area contributed by atoms with Gasteiger partial charge in [-0.1, -0.05) is 57.6 Å². The maximum Gasteiger partial charge on any atom is 0.264 e. The van der Waals surface area contributed by atoms with E-state index >= 15 is 0 Å². The molecule has 0 aliphatic carbocycles. The van der Waals surface area contributed by atoms with Crippen LogP contribution in [0.2, 0.25) is 0 Å². The minimum absolute atomic E-state index is 0.00273. The van der Waals surface area contributed by atoms with Gasteiger partial charge in [-0.15, -0.1) is 23.1 Å². The Bertz CT molecular complexity index is 2020. The first-order valence-corrected chi connectivity index (χ1v) is 21.5. The summed E-state index contributed by atoms with van der Waals surface area (Å²) in [6.07, 6.45) is 9.80. The van der Waals surface area contributed by atoms with Crippen LogP contribution in [-0.2, 0) is 25.6 Å². The summed E-state index contributed by atoms with van der Waals surface area (Å²) in [7, 11) is 1.71. The second-order valence-corrected chi connectivity index (χ2v) is 18.2. The number of benzene rings is 1. The van der Waals surface area contributed by atoms with Crippen molar-refractivity contribution in [3.8, 4) is 11.8 Å². The molecular weight excluding hydrogens is 769 g/mol. The summed E-state index contributed by atoms with van der Waals surface area (Å²) in [6, 6.07) is 9.50. The van der Waals surface area contributed by atoms with Crippen LogP contribution in [0.1, 0.15) is 81.6 Å². The third-order valence-corrected chi connectivity index (χ3v) is 12.8. The zero-order valence-corrected chi connectivity index (χ0v) is 34.8. The maximum absolute atomic E-state index is 13.2. The number of hydrogen-bond acceptors (Lipinski definition) is 13. The average molecular weight is 817 g/mol. The lowest BCUT2D eigenvalue weighted by Gasteiger charge is -2.47. The highest BCUT2D eigenvalue weighted by Crippen LogP contribution is 2.33. The van der Waals surface area contributed by atoms with Crippen molar-refractivity contribution in [2.24, 2.45) is 5.92 Å². The molecule has 16 heteroatoms. The normalized spacial score (nSPS) is 16.2. The average Bonchev–Trinajstić information content (AvgIpc) is 3.97. The summed E-state index contributed by atoms with van der Waals surface area (Å²) in [5.41, 5.74) is 0.866. The molecule has 6 rings (SSSR count). The SMILES string of the molecule is CCCC(c1ccc(OCC(=O)N2CC(N3CCC(C(=O)Nc4ncc(SCc5ncc(C(C)(C)C)o5)s4)CC3)C2)cc1)N(C)C(=O)/C(C#N)=C/c1nccs1. The van der Waals surface area contributed by atoms with Crippen LogP contribution in [0.15, 0.2) is 62.4 Å². The van der Waals surface area contributed by atoms with E-state index in [1.807, 2.05) is 35.2 Å². The Hall–Kier alpha value is -4.56. The zero-order valence-electron chi connectivity index (χ0n) is 32.4. The second kappa shape index (κ2) is 18.6. The molecular formula is C40H48N8O5S3. The Balaban J connectivity index is 0.895. The highest BCUT2D eigenvalue weighted by atomic mass is 32.2. The van der Waals surface area contributed by atoms with Crippen LogP contribution in [-0.4, -0.2) is 93.2 Å². The van der Waals surface area contributed by atoms with Crippen molar-refractivity contribution in [3.63, 3.8) is 0 Å². The second-order valence-electron chi connectivity index (χ2n) is 15.0. The number of nitrogens with zero attached hydrogens (tertiary/aromatic N) is 7. The molecule has 0 spiro atoms. The van der Waals surface area contributed by atoms with Gasteiger partial charge in [-0.2, -0.15) is 5.26 Å². The van der Waals surface area contributed by atoms with E-state index in [1.165, 1.54) is 28.7 Å². The summed E-state index contributed by atoms with van der Waals surface area (Å²) in [5.74, 6) is 2.19. The number of ether oxygens (including phenoxy) is 1. The van der Waals surface area contributed by atoms with Crippen LogP contribution in [0, 0.1) is 17.2 Å². The summed E-state index contributed by atoms with van der Waals surface area (Å²) in [6.45, 7) is 11.2. The quantitative estimate of drug-likeness (QED) is 0.0747. The van der Waals surface area contributed by atoms with Gasteiger partial charge in [-0.05, 0) is 56.1 Å². The van der Waals surface area contributed by atoms with E-state index in [0.717, 1.165) is 54.3 Å². The molecule has 5 heterocycles. The van der Waals surface area contributed by atoms with E-state index in [-0.39, 0.29) is 53.3 Å². The minimum Gasteiger partial charge on any atom is -0.484 e. The van der Waals surface area contributed by atoms with Gasteiger partial charge in [0, 0.05) is 49.1 Å². The predicted molar refractivity (Wildman–Crippen MR) is 218 cm³/mol. The lowest BCUT2D eigenvalue weighted by molar-refractivity contribution is -0.141. The fourth-order valence-corrected chi connectivity index (χ4v) is 8.94. The molecule has 1 atom stereocenters. The van der Waals surface area contributed by atoms with E-state index in [4.69, 9.17) is 9.15 Å². The molecule has 296 valence electrons. The van der Waals surface area contributed by atoms with Crippen LogP contribution in [0.3, 0.4) is 0 Å². The number of carbonyl (C=O) groups excluding carboxylic acids is 3. The first-order chi connectivity index (χ1) is 26.9. The van der Waals surface area contributed by atoms with Crippen molar-refractivity contribution >= 4 is 63.4 Å². The predicted octanol–water partition coefficient (Wildman–Crippen LogP) is 7.02. The Labute approximate surface area is 340 Å². The lowest BCUT2D eigenvalue weighted by Crippen LogP contribution is -2.63. The lowest BCUT2D eigenvalue weighted by atomic mass is 9.93. The van der Waals surface area contributed by atoms with E-state index in [1.54, 1.807) is 47.7 Å². The number of aromatic nitrogens is 3. The molecule has 2 fully saturated rings. The number of rotatable bonds is 15. The molecule has 1 N–H and O–H groups in total. The largest absolute Gasteiger partial charge is 0.484 e. The van der Waals surface area contributed by atoms with E-state index in [9.17, 15) is 19.6 Å². The summed E-state index contributed by atoms with van der Waals surface area (Å²) < 4.78 is 12.7. The molecule has 1 unspecified atom stereocenters. The van der Waals surface area contributed by atoms with Gasteiger partial charge < -0.3 is 24.3 Å². The number of thiazole rings is 2. The number of amides is 3. The van der Waals surface area contributed by atoms with Crippen LogP contribution in [0.4, 0.5) is 5.13 Å². The van der Waals surface area contributed by atoms with E-state index in [2.05, 4.69) is 52.9 Å². The summed E-state index contributed by atoms with van der Waals surface area (Å²) in [5, 5.41) is 15.7. The summed E-state index contributed by atoms with van der Waals surface area (Å²) >= 11 is 4.41. The van der Waals surface area contributed by atoms with Gasteiger partial charge in [0.2, 0.25) is 11.8 Å². The monoisotopic (exact) mass is 816 g/mol. The van der Waals surface area contributed by atoms with Gasteiger partial charge in [0.25, 0.3) is 11.8 Å². The van der Waals surface area contributed by atoms with Crippen LogP contribution in [0.25, 0.3) is 6.08 Å². The topological polar surface area (TPSA) is 158 Å². The number of carbonyl (C=O) groups is 3.